The highest BCUT2D eigenvalue weighted by atomic mass is 35.5. The van der Waals surface area contributed by atoms with E-state index in [1.165, 1.54) is 0 Å². The molecule has 0 fully saturated rings. The molecule has 1 aromatic rings. The van der Waals surface area contributed by atoms with Crippen LogP contribution in [-0.2, 0) is 0 Å². The zero-order chi connectivity index (χ0) is 7.94. The van der Waals surface area contributed by atoms with E-state index in [0.717, 1.165) is 29.6 Å². The van der Waals surface area contributed by atoms with Crippen molar-refractivity contribution in [3.05, 3.63) is 12.4 Å². The van der Waals surface area contributed by atoms with Crippen molar-refractivity contribution < 1.29 is 0 Å². The smallest absolute Gasteiger partial charge is 0.165 e. The van der Waals surface area contributed by atoms with Gasteiger partial charge in [-0.3, -0.25) is 0 Å². The van der Waals surface area contributed by atoms with Gasteiger partial charge in [0, 0.05) is 24.0 Å². The lowest BCUT2D eigenvalue weighted by Crippen LogP contribution is -1.82. The van der Waals surface area contributed by atoms with Gasteiger partial charge < -0.3 is 4.98 Å². The largest absolute Gasteiger partial charge is 0.340 e. The maximum absolute atomic E-state index is 5.53. The Morgan fingerprint density at radius 3 is 3.09 bits per heavy atom. The summed E-state index contributed by atoms with van der Waals surface area (Å²) in [4.78, 5) is 7.12. The van der Waals surface area contributed by atoms with Crippen molar-refractivity contribution in [3.8, 4) is 0 Å². The highest BCUT2D eigenvalue weighted by Gasteiger charge is 1.93. The minimum absolute atomic E-state index is 0.763. The van der Waals surface area contributed by atoms with Gasteiger partial charge in [0.1, 0.15) is 0 Å². The molecule has 0 saturated heterocycles. The molecule has 0 aliphatic heterocycles. The Kier molecular flexibility index (Phi) is 4.47. The fraction of sp³-hybridized carbons (Fsp3) is 0.571. The van der Waals surface area contributed by atoms with Crippen molar-refractivity contribution >= 4 is 23.4 Å². The Hall–Kier alpha value is -0.150. The van der Waals surface area contributed by atoms with Crippen LogP contribution in [0.15, 0.2) is 17.6 Å². The van der Waals surface area contributed by atoms with Gasteiger partial charge in [-0.2, -0.15) is 0 Å². The normalized spacial score (nSPS) is 10.3. The number of H-pyrrole nitrogens is 1. The van der Waals surface area contributed by atoms with Gasteiger partial charge in [0.2, 0.25) is 0 Å². The van der Waals surface area contributed by atoms with Gasteiger partial charge in [0.15, 0.2) is 5.16 Å². The molecule has 0 aliphatic rings. The van der Waals surface area contributed by atoms with Gasteiger partial charge in [-0.15, -0.1) is 11.6 Å². The van der Waals surface area contributed by atoms with Gasteiger partial charge in [-0.05, 0) is 12.8 Å². The molecule has 0 aliphatic carbocycles. The molecule has 0 unspecified atom stereocenters. The van der Waals surface area contributed by atoms with E-state index in [2.05, 4.69) is 9.97 Å². The first kappa shape index (κ1) is 8.94. The first-order chi connectivity index (χ1) is 5.43. The summed E-state index contributed by atoms with van der Waals surface area (Å²) < 4.78 is 0. The lowest BCUT2D eigenvalue weighted by molar-refractivity contribution is 0.899. The highest BCUT2D eigenvalue weighted by Crippen LogP contribution is 2.13. The molecule has 0 saturated carbocycles. The third kappa shape index (κ3) is 3.68. The number of aromatic nitrogens is 2. The fourth-order valence-corrected chi connectivity index (χ4v) is 1.71. The van der Waals surface area contributed by atoms with Crippen LogP contribution in [0.4, 0.5) is 0 Å². The van der Waals surface area contributed by atoms with E-state index in [1.54, 1.807) is 18.0 Å². The van der Waals surface area contributed by atoms with E-state index in [1.807, 2.05) is 6.20 Å². The van der Waals surface area contributed by atoms with Crippen LogP contribution in [0.2, 0.25) is 0 Å². The van der Waals surface area contributed by atoms with Crippen LogP contribution in [0, 0.1) is 0 Å². The summed E-state index contributed by atoms with van der Waals surface area (Å²) in [5, 5.41) is 1.000. The minimum Gasteiger partial charge on any atom is -0.340 e. The minimum atomic E-state index is 0.763. The number of thioether (sulfide) groups is 1. The highest BCUT2D eigenvalue weighted by molar-refractivity contribution is 7.99. The van der Waals surface area contributed by atoms with Crippen molar-refractivity contribution in [3.63, 3.8) is 0 Å². The molecule has 0 amide bonds. The third-order valence-corrected chi connectivity index (χ3v) is 2.50. The van der Waals surface area contributed by atoms with Gasteiger partial charge in [0.05, 0.1) is 0 Å². The Labute approximate surface area is 75.7 Å². The third-order valence-electron chi connectivity index (χ3n) is 1.24. The lowest BCUT2D eigenvalue weighted by atomic mass is 10.4. The molecule has 1 N–H and O–H groups in total. The van der Waals surface area contributed by atoms with E-state index in [4.69, 9.17) is 11.6 Å². The van der Waals surface area contributed by atoms with Crippen LogP contribution in [0.3, 0.4) is 0 Å². The molecule has 1 heterocycles. The number of halogens is 1. The number of aromatic amines is 1. The molecule has 4 heteroatoms. The molecule has 2 nitrogen and oxygen atoms in total. The number of nitrogens with zero attached hydrogens (tertiary/aromatic N) is 1. The van der Waals surface area contributed by atoms with Crippen LogP contribution >= 0.6 is 23.4 Å². The summed E-state index contributed by atoms with van der Waals surface area (Å²) >= 11 is 7.27. The maximum Gasteiger partial charge on any atom is 0.165 e. The Bertz CT molecular complexity index is 177. The molecule has 11 heavy (non-hydrogen) atoms. The van der Waals surface area contributed by atoms with Crippen LogP contribution in [-0.4, -0.2) is 21.6 Å². The lowest BCUT2D eigenvalue weighted by Gasteiger charge is -1.94. The van der Waals surface area contributed by atoms with Gasteiger partial charge >= 0.3 is 0 Å². The molecule has 1 aromatic heterocycles. The number of hydrogen-bond acceptors (Lipinski definition) is 2. The van der Waals surface area contributed by atoms with Crippen molar-refractivity contribution in [1.29, 1.82) is 0 Å². The van der Waals surface area contributed by atoms with E-state index in [-0.39, 0.29) is 0 Å². The average Bonchev–Trinajstić information content (AvgIpc) is 2.50. The molecular formula is C7H11ClN2S. The standard InChI is InChI=1S/C7H11ClN2S/c8-3-1-2-6-11-7-9-4-5-10-7/h4-5H,1-3,6H2,(H,9,10). The second kappa shape index (κ2) is 5.49. The quantitative estimate of drug-likeness (QED) is 0.439. The number of imidazole rings is 1. The van der Waals surface area contributed by atoms with E-state index < -0.39 is 0 Å². The average molecular weight is 191 g/mol. The summed E-state index contributed by atoms with van der Waals surface area (Å²) in [5.41, 5.74) is 0. The van der Waals surface area contributed by atoms with Crippen molar-refractivity contribution in [2.24, 2.45) is 0 Å². The zero-order valence-electron chi connectivity index (χ0n) is 6.22. The second-order valence-electron chi connectivity index (χ2n) is 2.14. The van der Waals surface area contributed by atoms with Gasteiger partial charge in [-0.25, -0.2) is 4.98 Å². The number of alkyl halides is 1. The summed E-state index contributed by atoms with van der Waals surface area (Å²) in [7, 11) is 0. The van der Waals surface area contributed by atoms with Crippen LogP contribution < -0.4 is 0 Å². The molecule has 0 radical (unpaired) electrons. The number of nitrogens with one attached hydrogen (secondary N) is 1. The molecule has 1 rings (SSSR count). The van der Waals surface area contributed by atoms with Crippen LogP contribution in [0.1, 0.15) is 12.8 Å². The Morgan fingerprint density at radius 1 is 1.55 bits per heavy atom. The Morgan fingerprint density at radius 2 is 2.45 bits per heavy atom. The molecular weight excluding hydrogens is 180 g/mol. The molecule has 0 atom stereocenters. The summed E-state index contributed by atoms with van der Waals surface area (Å²) in [5.74, 6) is 1.86. The molecule has 62 valence electrons. The molecule has 0 spiro atoms. The van der Waals surface area contributed by atoms with E-state index in [9.17, 15) is 0 Å². The van der Waals surface area contributed by atoms with Gasteiger partial charge in [-0.1, -0.05) is 11.8 Å². The van der Waals surface area contributed by atoms with Crippen LogP contribution in [0.5, 0.6) is 0 Å². The van der Waals surface area contributed by atoms with Crippen molar-refractivity contribution in [2.75, 3.05) is 11.6 Å². The SMILES string of the molecule is ClCCCCSc1ncc[nH]1. The molecule has 0 aromatic carbocycles. The first-order valence-corrected chi connectivity index (χ1v) is 5.13. The first-order valence-electron chi connectivity index (χ1n) is 3.61. The predicted octanol–water partition coefficient (Wildman–Crippen LogP) is 2.52. The maximum atomic E-state index is 5.53. The van der Waals surface area contributed by atoms with Gasteiger partial charge in [0.25, 0.3) is 0 Å². The summed E-state index contributed by atoms with van der Waals surface area (Å²) in [6, 6.07) is 0. The van der Waals surface area contributed by atoms with E-state index >= 15 is 0 Å². The Balaban J connectivity index is 2.04. The number of unbranched alkanes of at least 4 members (excludes halogenated alkanes) is 1. The predicted molar refractivity (Wildman–Crippen MR) is 49.3 cm³/mol. The summed E-state index contributed by atoms with van der Waals surface area (Å²) in [6.07, 6.45) is 5.86. The monoisotopic (exact) mass is 190 g/mol. The topological polar surface area (TPSA) is 28.7 Å². The van der Waals surface area contributed by atoms with Crippen molar-refractivity contribution in [1.82, 2.24) is 9.97 Å². The number of hydrogen-bond donors (Lipinski definition) is 1. The number of rotatable bonds is 5. The van der Waals surface area contributed by atoms with Crippen molar-refractivity contribution in [2.45, 2.75) is 18.0 Å². The fourth-order valence-electron chi connectivity index (χ4n) is 0.695. The van der Waals surface area contributed by atoms with Crippen LogP contribution in [0.25, 0.3) is 0 Å². The zero-order valence-corrected chi connectivity index (χ0v) is 7.79. The second-order valence-corrected chi connectivity index (χ2v) is 3.60. The molecule has 0 bridgehead atoms. The van der Waals surface area contributed by atoms with E-state index in [0.29, 0.717) is 0 Å². The summed E-state index contributed by atoms with van der Waals surface area (Å²) in [6.45, 7) is 0.